The molecule has 6 rings (SSSR count). The molecule has 0 unspecified atom stereocenters. The fourth-order valence-electron chi connectivity index (χ4n) is 5.29. The van der Waals surface area contributed by atoms with E-state index < -0.39 is 34.7 Å². The molecule has 0 saturated heterocycles. The zero-order valence-corrected chi connectivity index (χ0v) is 22.3. The number of hydrogen-bond acceptors (Lipinski definition) is 6. The van der Waals surface area contributed by atoms with E-state index in [4.69, 9.17) is 14.8 Å². The van der Waals surface area contributed by atoms with Crippen molar-refractivity contribution in [2.24, 2.45) is 5.73 Å². The average Bonchev–Trinajstić information content (AvgIpc) is 3.58. The third kappa shape index (κ3) is 4.76. The highest BCUT2D eigenvalue weighted by atomic mass is 32.2. The predicted octanol–water partition coefficient (Wildman–Crippen LogP) is 3.46. The first kappa shape index (κ1) is 26.5. The number of furan rings is 1. The van der Waals surface area contributed by atoms with Crippen molar-refractivity contribution in [2.75, 3.05) is 10.6 Å². The maximum atomic E-state index is 15.4. The number of carbonyl (C=O) groups excluding carboxylic acids is 1. The summed E-state index contributed by atoms with van der Waals surface area (Å²) in [5.74, 6) is -1.40. The van der Waals surface area contributed by atoms with E-state index in [2.05, 4.69) is 0 Å². The largest absolute Gasteiger partial charge is 0.491 e. The van der Waals surface area contributed by atoms with Gasteiger partial charge in [-0.15, -0.1) is 0 Å². The zero-order valence-electron chi connectivity index (χ0n) is 21.5. The number of benzene rings is 3. The molecule has 0 radical (unpaired) electrons. The van der Waals surface area contributed by atoms with Gasteiger partial charge in [-0.05, 0) is 53.5 Å². The van der Waals surface area contributed by atoms with Gasteiger partial charge in [0.25, 0.3) is 5.91 Å². The van der Waals surface area contributed by atoms with Crippen LogP contribution in [0.25, 0.3) is 11.0 Å². The molecule has 206 valence electrons. The van der Waals surface area contributed by atoms with Gasteiger partial charge in [0, 0.05) is 29.0 Å². The lowest BCUT2D eigenvalue weighted by Crippen LogP contribution is -2.32. The summed E-state index contributed by atoms with van der Waals surface area (Å²) < 4.78 is 67.4. The van der Waals surface area contributed by atoms with Gasteiger partial charge in [0.15, 0.2) is 0 Å². The van der Waals surface area contributed by atoms with E-state index in [9.17, 15) is 22.6 Å². The molecule has 0 atom stereocenters. The quantitative estimate of drug-likeness (QED) is 0.315. The standard InChI is InChI=1S/C28H25BF2N2O6S/c1-40(36,37)33(13-17-6-9-22-21(27(17)31)14-38-29(22)35)23-12-24-20(11-19(23)16-4-5-16)26(28(32)34)25(39-24)10-15-2-7-18(30)8-3-15/h2-3,6-9,11-12,16,35H,4-5,10,13-14H2,1H3,(H2,32,34). The third-order valence-corrected chi connectivity index (χ3v) is 8.57. The SMILES string of the molecule is CS(=O)(=O)N(Cc1ccc2c(c1F)COB2O)c1cc2oc(Cc3ccc(F)cc3)c(C(N)=O)c2cc1C1CC1. The summed E-state index contributed by atoms with van der Waals surface area (Å²) in [6, 6.07) is 12.0. The van der Waals surface area contributed by atoms with E-state index in [1.807, 2.05) is 0 Å². The third-order valence-electron chi connectivity index (χ3n) is 7.45. The molecule has 0 spiro atoms. The first-order valence-electron chi connectivity index (χ1n) is 12.7. The van der Waals surface area contributed by atoms with Gasteiger partial charge in [0.05, 0.1) is 30.7 Å². The number of nitrogens with zero attached hydrogens (tertiary/aromatic N) is 1. The number of nitrogens with two attached hydrogens (primary N) is 1. The smallest absolute Gasteiger partial charge is 0.460 e. The summed E-state index contributed by atoms with van der Waals surface area (Å²) >= 11 is 0. The Morgan fingerprint density at radius 1 is 1.15 bits per heavy atom. The number of primary amides is 1. The Hall–Kier alpha value is -3.74. The molecule has 8 nitrogen and oxygen atoms in total. The molecule has 1 aliphatic carbocycles. The van der Waals surface area contributed by atoms with Crippen LogP contribution in [0.5, 0.6) is 0 Å². The normalized spacial score (nSPS) is 15.1. The van der Waals surface area contributed by atoms with Crippen LogP contribution in [0.2, 0.25) is 0 Å². The van der Waals surface area contributed by atoms with Crippen molar-refractivity contribution in [2.45, 2.75) is 38.3 Å². The molecule has 12 heteroatoms. The van der Waals surface area contributed by atoms with E-state index in [0.717, 1.165) is 23.4 Å². The first-order valence-corrected chi connectivity index (χ1v) is 14.6. The van der Waals surface area contributed by atoms with Crippen LogP contribution in [0.1, 0.15) is 57.1 Å². The van der Waals surface area contributed by atoms with Crippen molar-refractivity contribution >= 4 is 45.2 Å². The van der Waals surface area contributed by atoms with Crippen LogP contribution in [-0.4, -0.2) is 32.7 Å². The molecular formula is C28H25BF2N2O6S. The minimum Gasteiger partial charge on any atom is -0.460 e. The number of halogens is 2. The van der Waals surface area contributed by atoms with Gasteiger partial charge in [-0.25, -0.2) is 17.2 Å². The lowest BCUT2D eigenvalue weighted by atomic mass is 9.79. The number of carbonyl (C=O) groups is 1. The molecule has 4 aromatic rings. The molecule has 2 heterocycles. The number of hydrogen-bond donors (Lipinski definition) is 2. The fourth-order valence-corrected chi connectivity index (χ4v) is 6.18. The fraction of sp³-hybridized carbons (Fsp3) is 0.250. The van der Waals surface area contributed by atoms with Crippen molar-refractivity contribution in [1.82, 2.24) is 0 Å². The van der Waals surface area contributed by atoms with Gasteiger partial charge in [-0.2, -0.15) is 0 Å². The highest BCUT2D eigenvalue weighted by Gasteiger charge is 2.35. The zero-order chi connectivity index (χ0) is 28.3. The molecule has 3 aromatic carbocycles. The lowest BCUT2D eigenvalue weighted by molar-refractivity contribution is 0.1000. The summed E-state index contributed by atoms with van der Waals surface area (Å²) in [6.45, 7) is -0.418. The Kier molecular flexibility index (Phi) is 6.44. The highest BCUT2D eigenvalue weighted by molar-refractivity contribution is 7.92. The topological polar surface area (TPSA) is 123 Å². The second-order valence-electron chi connectivity index (χ2n) is 10.3. The Morgan fingerprint density at radius 3 is 2.52 bits per heavy atom. The molecule has 1 aliphatic heterocycles. The van der Waals surface area contributed by atoms with Gasteiger partial charge >= 0.3 is 7.12 Å². The number of sulfonamides is 1. The van der Waals surface area contributed by atoms with Crippen LogP contribution in [0, 0.1) is 11.6 Å². The summed E-state index contributed by atoms with van der Waals surface area (Å²) in [6.07, 6.45) is 2.86. The van der Waals surface area contributed by atoms with Crippen LogP contribution < -0.4 is 15.5 Å². The summed E-state index contributed by atoms with van der Waals surface area (Å²) in [4.78, 5) is 12.5. The minimum atomic E-state index is -3.91. The van der Waals surface area contributed by atoms with Gasteiger partial charge in [-0.1, -0.05) is 24.3 Å². The molecule has 1 fully saturated rings. The summed E-state index contributed by atoms with van der Waals surface area (Å²) in [7, 11) is -5.14. The Labute approximate surface area is 229 Å². The number of anilines is 1. The highest BCUT2D eigenvalue weighted by Crippen LogP contribution is 2.47. The number of fused-ring (bicyclic) bond motifs is 2. The summed E-state index contributed by atoms with van der Waals surface area (Å²) in [5.41, 5.74) is 8.53. The first-order chi connectivity index (χ1) is 19.0. The van der Waals surface area contributed by atoms with Crippen LogP contribution >= 0.6 is 0 Å². The molecular weight excluding hydrogens is 541 g/mol. The Bertz CT molecular complexity index is 1770. The monoisotopic (exact) mass is 566 g/mol. The van der Waals surface area contributed by atoms with E-state index in [1.54, 1.807) is 24.3 Å². The Balaban J connectivity index is 1.47. The number of rotatable bonds is 8. The maximum absolute atomic E-state index is 15.4. The maximum Gasteiger partial charge on any atom is 0.491 e. The second kappa shape index (κ2) is 9.72. The van der Waals surface area contributed by atoms with E-state index in [-0.39, 0.29) is 53.5 Å². The van der Waals surface area contributed by atoms with Crippen molar-refractivity contribution < 1.29 is 36.1 Å². The van der Waals surface area contributed by atoms with Crippen molar-refractivity contribution in [3.63, 3.8) is 0 Å². The summed E-state index contributed by atoms with van der Waals surface area (Å²) in [5, 5.41) is 10.4. The molecule has 1 aromatic heterocycles. The predicted molar refractivity (Wildman–Crippen MR) is 146 cm³/mol. The van der Waals surface area contributed by atoms with E-state index >= 15 is 4.39 Å². The van der Waals surface area contributed by atoms with Gasteiger partial charge in [-0.3, -0.25) is 9.10 Å². The van der Waals surface area contributed by atoms with Crippen molar-refractivity contribution in [3.8, 4) is 0 Å². The minimum absolute atomic E-state index is 0.0493. The molecule has 3 N–H and O–H groups in total. The van der Waals surface area contributed by atoms with Crippen LogP contribution in [0.15, 0.2) is 52.9 Å². The molecule has 2 aliphatic rings. The molecule has 40 heavy (non-hydrogen) atoms. The van der Waals surface area contributed by atoms with Crippen molar-refractivity contribution in [3.05, 3.63) is 93.7 Å². The van der Waals surface area contributed by atoms with Gasteiger partial charge in [0.2, 0.25) is 10.0 Å². The van der Waals surface area contributed by atoms with Crippen molar-refractivity contribution in [1.29, 1.82) is 0 Å². The average molecular weight is 566 g/mol. The van der Waals surface area contributed by atoms with Gasteiger partial charge < -0.3 is 19.8 Å². The van der Waals surface area contributed by atoms with E-state index in [1.165, 1.54) is 24.3 Å². The Morgan fingerprint density at radius 2 is 1.88 bits per heavy atom. The lowest BCUT2D eigenvalue weighted by Gasteiger charge is -2.26. The number of amides is 1. The van der Waals surface area contributed by atoms with Gasteiger partial charge in [0.1, 0.15) is 23.0 Å². The molecule has 1 amide bonds. The molecule has 1 saturated carbocycles. The van der Waals surface area contributed by atoms with E-state index in [0.29, 0.717) is 27.7 Å². The second-order valence-corrected chi connectivity index (χ2v) is 12.2. The van der Waals surface area contributed by atoms with Crippen LogP contribution in [0.3, 0.4) is 0 Å². The van der Waals surface area contributed by atoms with Crippen LogP contribution in [0.4, 0.5) is 14.5 Å². The molecule has 0 bridgehead atoms. The van der Waals surface area contributed by atoms with Crippen LogP contribution in [-0.2, 0) is 34.3 Å².